The molecule has 30 heavy (non-hydrogen) atoms. The first-order valence-electron chi connectivity index (χ1n) is 10.7. The van der Waals surface area contributed by atoms with Gasteiger partial charge in [0.25, 0.3) is 5.88 Å². The standard InChI is InChI=1S/C23H27N5O2/c29-15-16-7-11-28(12-8-16)22-23(25-10-9-24-22)30-19-13-18(14-19)26-21-6-5-17-3-1-2-4-20(17)27-21/h1-6,9-10,16,18-19,29H,7-8,11-15H2,(H,26,27)/t18-,19-. The third kappa shape index (κ3) is 4.03. The van der Waals surface area contributed by atoms with E-state index in [1.54, 1.807) is 12.4 Å². The zero-order chi connectivity index (χ0) is 20.3. The molecule has 7 heteroatoms. The Bertz CT molecular complexity index is 1000. The van der Waals surface area contributed by atoms with Crippen molar-refractivity contribution in [3.05, 3.63) is 48.8 Å². The summed E-state index contributed by atoms with van der Waals surface area (Å²) in [5.41, 5.74) is 1.00. The van der Waals surface area contributed by atoms with E-state index in [9.17, 15) is 5.11 Å². The highest BCUT2D eigenvalue weighted by Gasteiger charge is 2.33. The summed E-state index contributed by atoms with van der Waals surface area (Å²) in [6, 6.07) is 12.6. The highest BCUT2D eigenvalue weighted by atomic mass is 16.5. The number of aliphatic hydroxyl groups excluding tert-OH is 1. The van der Waals surface area contributed by atoms with Crippen molar-refractivity contribution in [2.45, 2.75) is 37.8 Å². The van der Waals surface area contributed by atoms with Crippen molar-refractivity contribution in [1.82, 2.24) is 15.0 Å². The topological polar surface area (TPSA) is 83.4 Å². The zero-order valence-corrected chi connectivity index (χ0v) is 16.9. The van der Waals surface area contributed by atoms with Gasteiger partial charge >= 0.3 is 0 Å². The summed E-state index contributed by atoms with van der Waals surface area (Å²) in [5.74, 6) is 2.74. The van der Waals surface area contributed by atoms with E-state index < -0.39 is 0 Å². The van der Waals surface area contributed by atoms with Crippen molar-refractivity contribution < 1.29 is 9.84 Å². The van der Waals surface area contributed by atoms with Crippen molar-refractivity contribution in [1.29, 1.82) is 0 Å². The second kappa shape index (κ2) is 8.44. The van der Waals surface area contributed by atoms with E-state index in [0.717, 1.165) is 61.3 Å². The molecule has 5 rings (SSSR count). The number of piperidine rings is 1. The van der Waals surface area contributed by atoms with Crippen LogP contribution in [0.25, 0.3) is 10.9 Å². The molecule has 0 spiro atoms. The molecule has 0 unspecified atom stereocenters. The van der Waals surface area contributed by atoms with Crippen LogP contribution in [-0.2, 0) is 0 Å². The number of pyridine rings is 1. The van der Waals surface area contributed by atoms with E-state index in [1.807, 2.05) is 24.3 Å². The molecule has 3 aromatic rings. The van der Waals surface area contributed by atoms with E-state index in [0.29, 0.717) is 17.8 Å². The molecule has 0 amide bonds. The van der Waals surface area contributed by atoms with E-state index in [2.05, 4.69) is 32.3 Å². The number of nitrogens with one attached hydrogen (secondary N) is 1. The smallest absolute Gasteiger partial charge is 0.257 e. The SMILES string of the molecule is OCC1CCN(c2nccnc2O[C@H]2C[C@H](Nc3ccc4ccccc4n3)C2)CC1. The zero-order valence-electron chi connectivity index (χ0n) is 16.9. The number of benzene rings is 1. The third-order valence-electron chi connectivity index (χ3n) is 6.14. The van der Waals surface area contributed by atoms with Crippen molar-refractivity contribution in [2.24, 2.45) is 5.92 Å². The minimum atomic E-state index is 0.133. The fourth-order valence-electron chi connectivity index (χ4n) is 4.24. The van der Waals surface area contributed by atoms with Crippen LogP contribution >= 0.6 is 0 Å². The van der Waals surface area contributed by atoms with Gasteiger partial charge < -0.3 is 20.1 Å². The largest absolute Gasteiger partial charge is 0.472 e. The van der Waals surface area contributed by atoms with Crippen LogP contribution in [0.2, 0.25) is 0 Å². The van der Waals surface area contributed by atoms with Gasteiger partial charge in [-0.25, -0.2) is 15.0 Å². The molecule has 2 aliphatic rings. The highest BCUT2D eigenvalue weighted by molar-refractivity contribution is 5.80. The average Bonchev–Trinajstić information content (AvgIpc) is 2.78. The molecule has 1 saturated carbocycles. The average molecular weight is 406 g/mol. The Labute approximate surface area is 176 Å². The quantitative estimate of drug-likeness (QED) is 0.651. The number of hydrogen-bond donors (Lipinski definition) is 2. The first kappa shape index (κ1) is 19.1. The van der Waals surface area contributed by atoms with Crippen LogP contribution in [0.15, 0.2) is 48.8 Å². The summed E-state index contributed by atoms with van der Waals surface area (Å²) >= 11 is 0. The summed E-state index contributed by atoms with van der Waals surface area (Å²) in [6.45, 7) is 2.02. The molecule has 1 aromatic carbocycles. The fraction of sp³-hybridized carbons (Fsp3) is 0.435. The first-order chi connectivity index (χ1) is 14.8. The van der Waals surface area contributed by atoms with Gasteiger partial charge in [0.2, 0.25) is 0 Å². The van der Waals surface area contributed by atoms with Gasteiger partial charge in [0.05, 0.1) is 5.52 Å². The Balaban J connectivity index is 1.17. The molecular formula is C23H27N5O2. The van der Waals surface area contributed by atoms with Crippen molar-refractivity contribution in [3.8, 4) is 5.88 Å². The summed E-state index contributed by atoms with van der Waals surface area (Å²) in [7, 11) is 0. The van der Waals surface area contributed by atoms with Crippen molar-refractivity contribution >= 4 is 22.5 Å². The van der Waals surface area contributed by atoms with Gasteiger partial charge in [-0.05, 0) is 37.0 Å². The number of ether oxygens (including phenoxy) is 1. The fourth-order valence-corrected chi connectivity index (χ4v) is 4.24. The molecule has 1 aliphatic heterocycles. The Hall–Kier alpha value is -2.93. The Morgan fingerprint density at radius 2 is 1.83 bits per heavy atom. The van der Waals surface area contributed by atoms with E-state index >= 15 is 0 Å². The molecule has 0 radical (unpaired) electrons. The van der Waals surface area contributed by atoms with Gasteiger partial charge in [0.15, 0.2) is 5.82 Å². The maximum absolute atomic E-state index is 9.36. The number of fused-ring (bicyclic) bond motifs is 1. The third-order valence-corrected chi connectivity index (χ3v) is 6.14. The van der Waals surface area contributed by atoms with Crippen LogP contribution in [0.3, 0.4) is 0 Å². The van der Waals surface area contributed by atoms with Crippen LogP contribution < -0.4 is 15.0 Å². The van der Waals surface area contributed by atoms with Gasteiger partial charge in [0, 0.05) is 56.4 Å². The lowest BCUT2D eigenvalue weighted by atomic mass is 9.89. The summed E-state index contributed by atoms with van der Waals surface area (Å²) in [6.07, 6.45) is 7.31. The van der Waals surface area contributed by atoms with E-state index in [-0.39, 0.29) is 12.7 Å². The minimum absolute atomic E-state index is 0.133. The van der Waals surface area contributed by atoms with Crippen LogP contribution in [0.5, 0.6) is 5.88 Å². The minimum Gasteiger partial charge on any atom is -0.472 e. The van der Waals surface area contributed by atoms with Gasteiger partial charge in [-0.2, -0.15) is 0 Å². The molecule has 1 aliphatic carbocycles. The first-order valence-corrected chi connectivity index (χ1v) is 10.7. The molecule has 156 valence electrons. The van der Waals surface area contributed by atoms with Crippen LogP contribution in [0.4, 0.5) is 11.6 Å². The van der Waals surface area contributed by atoms with Crippen LogP contribution in [0.1, 0.15) is 25.7 Å². The Morgan fingerprint density at radius 3 is 2.67 bits per heavy atom. The maximum atomic E-state index is 9.36. The lowest BCUT2D eigenvalue weighted by Gasteiger charge is -2.37. The molecule has 2 N–H and O–H groups in total. The highest BCUT2D eigenvalue weighted by Crippen LogP contribution is 2.33. The number of hydrogen-bond acceptors (Lipinski definition) is 7. The lowest BCUT2D eigenvalue weighted by molar-refractivity contribution is 0.102. The number of rotatable bonds is 6. The second-order valence-corrected chi connectivity index (χ2v) is 8.24. The molecule has 7 nitrogen and oxygen atoms in total. The van der Waals surface area contributed by atoms with Crippen molar-refractivity contribution in [3.63, 3.8) is 0 Å². The predicted octanol–water partition coefficient (Wildman–Crippen LogP) is 3.26. The van der Waals surface area contributed by atoms with Gasteiger partial charge in [-0.3, -0.25) is 0 Å². The number of nitrogens with zero attached hydrogens (tertiary/aromatic N) is 4. The molecule has 1 saturated heterocycles. The molecule has 3 heterocycles. The number of aromatic nitrogens is 3. The monoisotopic (exact) mass is 405 g/mol. The van der Waals surface area contributed by atoms with Crippen molar-refractivity contribution in [2.75, 3.05) is 29.9 Å². The Kier molecular flexibility index (Phi) is 5.36. The molecule has 0 atom stereocenters. The number of para-hydroxylation sites is 1. The number of aliphatic hydroxyl groups is 1. The van der Waals surface area contributed by atoms with E-state index in [1.165, 1.54) is 0 Å². The molecular weight excluding hydrogens is 378 g/mol. The van der Waals surface area contributed by atoms with Crippen LogP contribution in [-0.4, -0.2) is 51.9 Å². The van der Waals surface area contributed by atoms with Gasteiger partial charge in [0.1, 0.15) is 11.9 Å². The summed E-state index contributed by atoms with van der Waals surface area (Å²) in [4.78, 5) is 15.9. The van der Waals surface area contributed by atoms with Gasteiger partial charge in [-0.1, -0.05) is 18.2 Å². The summed E-state index contributed by atoms with van der Waals surface area (Å²) < 4.78 is 6.20. The predicted molar refractivity (Wildman–Crippen MR) is 117 cm³/mol. The van der Waals surface area contributed by atoms with Gasteiger partial charge in [-0.15, -0.1) is 0 Å². The Morgan fingerprint density at radius 1 is 1.03 bits per heavy atom. The maximum Gasteiger partial charge on any atom is 0.257 e. The molecule has 2 fully saturated rings. The lowest BCUT2D eigenvalue weighted by Crippen LogP contribution is -2.43. The number of anilines is 2. The summed E-state index contributed by atoms with van der Waals surface area (Å²) in [5, 5.41) is 14.0. The van der Waals surface area contributed by atoms with E-state index in [4.69, 9.17) is 9.72 Å². The molecule has 0 bridgehead atoms. The molecule has 2 aromatic heterocycles. The van der Waals surface area contributed by atoms with Crippen LogP contribution in [0, 0.1) is 5.92 Å². The normalized spacial score (nSPS) is 22.0. The second-order valence-electron chi connectivity index (χ2n) is 8.24.